The molecule has 558 valence electrons. The molecule has 1 unspecified atom stereocenters. The van der Waals surface area contributed by atoms with Crippen LogP contribution in [0.1, 0.15) is 233 Å². The molecule has 4 aromatic carbocycles. The van der Waals surface area contributed by atoms with E-state index in [1.54, 1.807) is 67.0 Å². The van der Waals surface area contributed by atoms with Crippen molar-refractivity contribution in [3.63, 3.8) is 0 Å². The average Bonchev–Trinajstić information content (AvgIpc) is 0.842. The van der Waals surface area contributed by atoms with Crippen LogP contribution >= 0.6 is 0 Å². The van der Waals surface area contributed by atoms with E-state index < -0.39 is 27.6 Å². The number of aryl methyl sites for hydroxylation is 1. The molecule has 0 bridgehead atoms. The number of carbonyl (C=O) groups is 4. The van der Waals surface area contributed by atoms with E-state index in [1.165, 1.54) is 53.9 Å². The Labute approximate surface area is 604 Å². The van der Waals surface area contributed by atoms with Gasteiger partial charge in [0.25, 0.3) is 28.7 Å². The molecule has 2 aromatic heterocycles. The topological polar surface area (TPSA) is 382 Å². The highest BCUT2D eigenvalue weighted by atomic mass is 16.6. The van der Waals surface area contributed by atoms with Crippen LogP contribution in [0.3, 0.4) is 0 Å². The van der Waals surface area contributed by atoms with Gasteiger partial charge >= 0.3 is 0 Å². The number of benzene rings is 4. The van der Waals surface area contributed by atoms with Gasteiger partial charge in [0.2, 0.25) is 30.1 Å². The van der Waals surface area contributed by atoms with Gasteiger partial charge in [-0.05, 0) is 108 Å². The lowest BCUT2D eigenvalue weighted by molar-refractivity contribution is -0.905. The SMILES string of the molecule is C=C(/C=C/C(N)=O)C(C)(C)C.CC(/C=C/C(N)=O)C(C)(C)C.CC(C)(C)c1cc(C(N)=O)c[n+](O)c1.CC(C)(C)c1cc([N+](=O)[O-])cc([N+](=O)[O-])c1.CC(C)(C)c1ccc([N+](=O)[O-])cc1.CC(C)(C)c1cccc([N+](=O)[O-])c1.CC(C)(C)c1cncc(C(N)=O)c1.Cc1cccc(C(C)(C)C)c1. The molecule has 0 aliphatic carbocycles. The summed E-state index contributed by atoms with van der Waals surface area (Å²) < 4.78 is 0.862. The largest absolute Gasteiger partial charge is 0.366 e. The summed E-state index contributed by atoms with van der Waals surface area (Å²) in [7, 11) is 0. The Bertz CT molecular complexity index is 3780. The van der Waals surface area contributed by atoms with Gasteiger partial charge in [-0.15, -0.1) is 0 Å². The molecule has 2 heterocycles. The van der Waals surface area contributed by atoms with Crippen molar-refractivity contribution >= 4 is 46.4 Å². The summed E-state index contributed by atoms with van der Waals surface area (Å²) in [6.07, 6.45) is 12.3. The van der Waals surface area contributed by atoms with Crippen molar-refractivity contribution in [2.75, 3.05) is 0 Å². The molecule has 6 rings (SSSR count). The Morgan fingerprint density at radius 3 is 1.17 bits per heavy atom. The van der Waals surface area contributed by atoms with Crippen molar-refractivity contribution in [3.8, 4) is 0 Å². The lowest BCUT2D eigenvalue weighted by atomic mass is 9.82. The molecule has 0 saturated carbocycles. The minimum absolute atomic E-state index is 0.00153. The van der Waals surface area contributed by atoms with E-state index >= 15 is 0 Å². The second-order valence-electron chi connectivity index (χ2n) is 32.5. The zero-order valence-electron chi connectivity index (χ0n) is 65.1. The van der Waals surface area contributed by atoms with Crippen LogP contribution in [0.15, 0.2) is 164 Å². The van der Waals surface area contributed by atoms with Crippen LogP contribution in [-0.2, 0) is 42.1 Å². The van der Waals surface area contributed by atoms with E-state index in [2.05, 4.69) is 133 Å². The molecule has 23 heteroatoms. The molecule has 0 saturated heterocycles. The van der Waals surface area contributed by atoms with Gasteiger partial charge < -0.3 is 22.9 Å². The van der Waals surface area contributed by atoms with Crippen molar-refractivity contribution in [2.24, 2.45) is 39.7 Å². The third-order valence-electron chi connectivity index (χ3n) is 15.2. The Morgan fingerprint density at radius 1 is 0.441 bits per heavy atom. The number of carbonyl (C=O) groups excluding carboxylic acids is 4. The number of nitrogens with two attached hydrogens (primary N) is 4. The minimum atomic E-state index is -0.623. The van der Waals surface area contributed by atoms with Crippen LogP contribution in [0, 0.1) is 64.1 Å². The Kier molecular flexibility index (Phi) is 36.4. The van der Waals surface area contributed by atoms with E-state index in [0.29, 0.717) is 22.6 Å². The number of nitro benzene ring substituents is 4. The molecule has 6 aromatic rings. The average molecular weight is 1410 g/mol. The minimum Gasteiger partial charge on any atom is -0.366 e. The fraction of sp³-hybridized carbons (Fsp3) is 0.443. The highest BCUT2D eigenvalue weighted by Gasteiger charge is 2.25. The lowest BCUT2D eigenvalue weighted by Crippen LogP contribution is -2.34. The molecule has 0 aliphatic rings. The van der Waals surface area contributed by atoms with Gasteiger partial charge in [-0.1, -0.05) is 246 Å². The maximum Gasteiger partial charge on any atom is 0.276 e. The van der Waals surface area contributed by atoms with Crippen LogP contribution < -0.4 is 27.7 Å². The molecular formula is C79H115N10O13+. The van der Waals surface area contributed by atoms with Gasteiger partial charge in [0.1, 0.15) is 5.56 Å². The van der Waals surface area contributed by atoms with Crippen LogP contribution in [0.2, 0.25) is 0 Å². The monoisotopic (exact) mass is 1410 g/mol. The standard InChI is InChI=1S/C11H16.C10H12N2O4.C10H14N2O2.C10H14N2O.2C10H13NO2.C9H17NO.C9H15NO/c1-9-6-5-7-10(8-9)11(2,3)4;1-10(2,3)7-4-8(11(13)14)6-9(5-7)12(15)16;1-10(2,3)8-4-7(9(11)13)5-12(14)6-8;1-10(2,3)8-4-7(9(11)13)5-12-6-8;1-10(2,3)8-4-6-9(7-5-8)11(12)13;1-10(2,3)8-5-4-6-9(7-8)11(12)13;2*1-7(9(2,3)4)5-6-8(10)11/h5-8H,1-4H3;4-6H,1-3H3;4-6H,1-3H3,(H2-,11,13,14);4-6H,1-3H3,(H2,11,13);2*4-7H,1-3H3;5-7H,1-4H3,(H2,10,11);5-6H,1H2,2-4H3,(H2,10,11)/p+1/b;;;;;;2*6-5+. The van der Waals surface area contributed by atoms with E-state index in [1.807, 2.05) is 95.2 Å². The summed E-state index contributed by atoms with van der Waals surface area (Å²) >= 11 is 0. The number of hydrogen-bond donors (Lipinski definition) is 5. The van der Waals surface area contributed by atoms with E-state index in [-0.39, 0.29) is 81.8 Å². The van der Waals surface area contributed by atoms with Crippen LogP contribution in [0.5, 0.6) is 0 Å². The van der Waals surface area contributed by atoms with Gasteiger partial charge in [0, 0.05) is 65.2 Å². The van der Waals surface area contributed by atoms with Crippen molar-refractivity contribution in [1.29, 1.82) is 0 Å². The van der Waals surface area contributed by atoms with E-state index in [9.17, 15) is 64.8 Å². The molecular weight excluding hydrogens is 1300 g/mol. The zero-order valence-corrected chi connectivity index (χ0v) is 65.1. The van der Waals surface area contributed by atoms with Crippen molar-refractivity contribution in [1.82, 2.24) is 4.98 Å². The number of rotatable bonds is 10. The van der Waals surface area contributed by atoms with Crippen LogP contribution in [0.4, 0.5) is 22.7 Å². The van der Waals surface area contributed by atoms with Gasteiger partial charge in [-0.2, -0.15) is 0 Å². The van der Waals surface area contributed by atoms with Crippen LogP contribution in [0.25, 0.3) is 0 Å². The fourth-order valence-electron chi connectivity index (χ4n) is 7.57. The molecule has 0 spiro atoms. The summed E-state index contributed by atoms with van der Waals surface area (Å²) in [6, 6.07) is 29.3. The van der Waals surface area contributed by atoms with E-state index in [4.69, 9.17) is 22.9 Å². The molecule has 0 radical (unpaired) electrons. The van der Waals surface area contributed by atoms with Crippen molar-refractivity contribution < 1.29 is 48.8 Å². The summed E-state index contributed by atoms with van der Waals surface area (Å²) in [4.78, 5) is 86.6. The number of hydrogen-bond acceptors (Lipinski definition) is 14. The Hall–Kier alpha value is -10.3. The molecule has 102 heavy (non-hydrogen) atoms. The highest BCUT2D eigenvalue weighted by Crippen LogP contribution is 2.32. The lowest BCUT2D eigenvalue weighted by Gasteiger charge is -2.23. The maximum absolute atomic E-state index is 10.9. The van der Waals surface area contributed by atoms with Crippen molar-refractivity contribution in [3.05, 3.63) is 255 Å². The Morgan fingerprint density at radius 2 is 0.824 bits per heavy atom. The number of nitro groups is 4. The smallest absolute Gasteiger partial charge is 0.276 e. The highest BCUT2D eigenvalue weighted by molar-refractivity contribution is 5.93. The molecule has 9 N–H and O–H groups in total. The molecule has 4 amide bonds. The fourth-order valence-corrected chi connectivity index (χ4v) is 7.57. The number of pyridine rings is 2. The van der Waals surface area contributed by atoms with Crippen molar-refractivity contribution in [2.45, 2.75) is 213 Å². The first-order valence-electron chi connectivity index (χ1n) is 32.9. The predicted molar refractivity (Wildman–Crippen MR) is 408 cm³/mol. The number of primary amides is 4. The molecule has 0 aliphatic heterocycles. The zero-order chi connectivity index (χ0) is 80.2. The maximum atomic E-state index is 10.9. The van der Waals surface area contributed by atoms with Gasteiger partial charge in [-0.25, -0.2) is 0 Å². The molecule has 1 atom stereocenters. The van der Waals surface area contributed by atoms with E-state index in [0.717, 1.165) is 38.6 Å². The summed E-state index contributed by atoms with van der Waals surface area (Å²) in [6.45, 7) is 57.2. The van der Waals surface area contributed by atoms with Gasteiger partial charge in [0.15, 0.2) is 0 Å². The number of nitrogens with zero attached hydrogens (tertiary/aromatic N) is 6. The second-order valence-corrected chi connectivity index (χ2v) is 32.5. The third-order valence-corrected chi connectivity index (χ3v) is 15.2. The number of aromatic nitrogens is 2. The number of non-ortho nitro benzene ring substituents is 4. The predicted octanol–water partition coefficient (Wildman–Crippen LogP) is 17.3. The summed E-state index contributed by atoms with van der Waals surface area (Å²) in [5, 5.41) is 51.4. The third kappa shape index (κ3) is 38.3. The molecule has 0 fully saturated rings. The van der Waals surface area contributed by atoms with Crippen LogP contribution in [-0.4, -0.2) is 53.5 Å². The van der Waals surface area contributed by atoms with Gasteiger partial charge in [0.05, 0.1) is 31.3 Å². The summed E-state index contributed by atoms with van der Waals surface area (Å²) in [5.74, 6) is -1.41. The first-order chi connectivity index (χ1) is 45.9. The quantitative estimate of drug-likeness (QED) is 0.0213. The first kappa shape index (κ1) is 93.7. The summed E-state index contributed by atoms with van der Waals surface area (Å²) in [5.41, 5.74) is 28.9. The molecule has 23 nitrogen and oxygen atoms in total. The first-order valence-corrected chi connectivity index (χ1v) is 32.9. The normalized spacial score (nSPS) is 11.8. The number of amides is 4. The second kappa shape index (κ2) is 39.6. The Balaban J connectivity index is 0. The van der Waals surface area contributed by atoms with Gasteiger partial charge in [-0.3, -0.25) is 69.8 Å². The number of allylic oxidation sites excluding steroid dienone is 3.